The van der Waals surface area contributed by atoms with Crippen molar-refractivity contribution in [3.05, 3.63) is 22.8 Å². The Labute approximate surface area is 121 Å². The summed E-state index contributed by atoms with van der Waals surface area (Å²) < 4.78 is 1.79. The molecular formula is C12H18N6OS. The molecule has 2 heterocycles. The molecule has 0 fully saturated rings. The van der Waals surface area contributed by atoms with E-state index in [1.54, 1.807) is 10.9 Å². The lowest BCUT2D eigenvalue weighted by atomic mass is 10.3. The lowest BCUT2D eigenvalue weighted by molar-refractivity contribution is 0.0958. The highest BCUT2D eigenvalue weighted by molar-refractivity contribution is 7.18. The minimum atomic E-state index is -0.189. The summed E-state index contributed by atoms with van der Waals surface area (Å²) in [5.74, 6) is 0.0790. The molecule has 1 amide bonds. The summed E-state index contributed by atoms with van der Waals surface area (Å²) in [7, 11) is 1.88. The Kier molecular flexibility index (Phi) is 4.57. The summed E-state index contributed by atoms with van der Waals surface area (Å²) in [5, 5.41) is 10.6. The van der Waals surface area contributed by atoms with Crippen molar-refractivity contribution in [2.45, 2.75) is 13.3 Å². The van der Waals surface area contributed by atoms with E-state index in [1.165, 1.54) is 11.3 Å². The van der Waals surface area contributed by atoms with Gasteiger partial charge >= 0.3 is 0 Å². The third kappa shape index (κ3) is 3.27. The van der Waals surface area contributed by atoms with E-state index in [0.29, 0.717) is 16.6 Å². The maximum absolute atomic E-state index is 12.0. The van der Waals surface area contributed by atoms with Gasteiger partial charge in [-0.2, -0.15) is 5.10 Å². The highest BCUT2D eigenvalue weighted by Crippen LogP contribution is 2.24. The van der Waals surface area contributed by atoms with Gasteiger partial charge in [0.1, 0.15) is 10.7 Å². The maximum Gasteiger partial charge on any atom is 0.265 e. The van der Waals surface area contributed by atoms with Crippen molar-refractivity contribution in [3.63, 3.8) is 0 Å². The van der Waals surface area contributed by atoms with Crippen LogP contribution in [0.3, 0.4) is 0 Å². The van der Waals surface area contributed by atoms with Crippen LogP contribution >= 0.6 is 11.3 Å². The number of anilines is 2. The monoisotopic (exact) mass is 294 g/mol. The highest BCUT2D eigenvalue weighted by atomic mass is 32.1. The topological polar surface area (TPSA) is 97.9 Å². The average molecular weight is 294 g/mol. The summed E-state index contributed by atoms with van der Waals surface area (Å²) in [4.78, 5) is 16.6. The molecule has 0 saturated carbocycles. The zero-order valence-electron chi connectivity index (χ0n) is 11.5. The average Bonchev–Trinajstić information content (AvgIpc) is 2.97. The molecule has 0 bridgehead atoms. The molecule has 2 rings (SSSR count). The molecule has 4 N–H and O–H groups in total. The molecule has 0 radical (unpaired) electrons. The van der Waals surface area contributed by atoms with E-state index >= 15 is 0 Å². The van der Waals surface area contributed by atoms with Gasteiger partial charge in [0.25, 0.3) is 5.91 Å². The molecule has 108 valence electrons. The Morgan fingerprint density at radius 2 is 2.35 bits per heavy atom. The Bertz CT molecular complexity index is 591. The van der Waals surface area contributed by atoms with Gasteiger partial charge in [-0.25, -0.2) is 4.98 Å². The van der Waals surface area contributed by atoms with Crippen molar-refractivity contribution in [1.82, 2.24) is 20.1 Å². The van der Waals surface area contributed by atoms with Gasteiger partial charge in [-0.3, -0.25) is 9.48 Å². The molecule has 2 aromatic heterocycles. The van der Waals surface area contributed by atoms with Gasteiger partial charge in [0.05, 0.1) is 0 Å². The van der Waals surface area contributed by atoms with E-state index in [2.05, 4.69) is 20.7 Å². The normalized spacial score (nSPS) is 10.5. The smallest absolute Gasteiger partial charge is 0.265 e. The molecule has 0 aromatic carbocycles. The number of aromatic nitrogens is 3. The van der Waals surface area contributed by atoms with Crippen molar-refractivity contribution in [2.24, 2.45) is 7.05 Å². The predicted molar refractivity (Wildman–Crippen MR) is 79.9 cm³/mol. The van der Waals surface area contributed by atoms with Crippen LogP contribution < -0.4 is 16.4 Å². The second-order valence-electron chi connectivity index (χ2n) is 4.22. The second kappa shape index (κ2) is 6.38. The van der Waals surface area contributed by atoms with Crippen LogP contribution in [0.2, 0.25) is 0 Å². The summed E-state index contributed by atoms with van der Waals surface area (Å²) in [5.41, 5.74) is 6.81. The number of amides is 1. The van der Waals surface area contributed by atoms with Crippen LogP contribution in [0.5, 0.6) is 0 Å². The van der Waals surface area contributed by atoms with Gasteiger partial charge in [-0.1, -0.05) is 11.3 Å². The number of carbonyl (C=O) groups excluding carboxylic acids is 1. The molecule has 0 atom stereocenters. The molecule has 0 aliphatic heterocycles. The van der Waals surface area contributed by atoms with E-state index < -0.39 is 0 Å². The fourth-order valence-electron chi connectivity index (χ4n) is 1.75. The largest absolute Gasteiger partial charge is 0.382 e. The molecular weight excluding hydrogens is 276 g/mol. The number of hydrogen-bond acceptors (Lipinski definition) is 6. The van der Waals surface area contributed by atoms with Gasteiger partial charge in [-0.15, -0.1) is 0 Å². The molecule has 20 heavy (non-hydrogen) atoms. The van der Waals surface area contributed by atoms with Gasteiger partial charge in [0.2, 0.25) is 0 Å². The van der Waals surface area contributed by atoms with Crippen LogP contribution in [0.15, 0.2) is 12.3 Å². The van der Waals surface area contributed by atoms with Gasteiger partial charge in [-0.05, 0) is 13.0 Å². The van der Waals surface area contributed by atoms with Gasteiger partial charge < -0.3 is 16.4 Å². The number of hydrogen-bond donors (Lipinski definition) is 3. The number of aryl methyl sites for hydroxylation is 1. The first-order valence-electron chi connectivity index (χ1n) is 6.37. The van der Waals surface area contributed by atoms with Crippen molar-refractivity contribution in [2.75, 3.05) is 24.1 Å². The number of nitrogen functional groups attached to an aromatic ring is 1. The third-order valence-corrected chi connectivity index (χ3v) is 3.80. The van der Waals surface area contributed by atoms with Crippen LogP contribution in [0.25, 0.3) is 0 Å². The first-order chi connectivity index (χ1) is 9.61. The summed E-state index contributed by atoms with van der Waals surface area (Å²) in [6, 6.07) is 1.93. The number of nitrogens with one attached hydrogen (secondary N) is 2. The number of nitrogens with zero attached hydrogens (tertiary/aromatic N) is 3. The van der Waals surface area contributed by atoms with E-state index in [4.69, 9.17) is 5.73 Å². The summed E-state index contributed by atoms with van der Waals surface area (Å²) in [6.07, 6.45) is 2.46. The van der Waals surface area contributed by atoms with Crippen LogP contribution in [0, 0.1) is 0 Å². The van der Waals surface area contributed by atoms with Crippen LogP contribution in [0.1, 0.15) is 22.3 Å². The SMILES string of the molecule is CCNc1nc(N)c(C(=O)NCCc2ccnn2C)s1. The van der Waals surface area contributed by atoms with Crippen molar-refractivity contribution < 1.29 is 4.79 Å². The Morgan fingerprint density at radius 3 is 3.00 bits per heavy atom. The molecule has 0 unspecified atom stereocenters. The van der Waals surface area contributed by atoms with Gasteiger partial charge in [0.15, 0.2) is 5.13 Å². The van der Waals surface area contributed by atoms with Crippen LogP contribution in [-0.2, 0) is 13.5 Å². The van der Waals surface area contributed by atoms with E-state index in [-0.39, 0.29) is 11.7 Å². The Balaban J connectivity index is 1.90. The lowest BCUT2D eigenvalue weighted by Gasteiger charge is -2.04. The third-order valence-electron chi connectivity index (χ3n) is 2.78. The fraction of sp³-hybridized carbons (Fsp3) is 0.417. The fourth-order valence-corrected chi connectivity index (χ4v) is 2.62. The molecule has 2 aromatic rings. The molecule has 0 spiro atoms. The number of rotatable bonds is 6. The minimum absolute atomic E-state index is 0.189. The molecule has 0 saturated heterocycles. The molecule has 0 aliphatic carbocycles. The van der Waals surface area contributed by atoms with Crippen molar-refractivity contribution >= 4 is 28.2 Å². The van der Waals surface area contributed by atoms with Crippen LogP contribution in [0.4, 0.5) is 10.9 Å². The zero-order valence-corrected chi connectivity index (χ0v) is 12.3. The standard InChI is InChI=1S/C12H18N6OS/c1-3-14-12-17-10(13)9(20-12)11(19)15-6-4-8-5-7-16-18(8)2/h5,7H,3-4,6,13H2,1-2H3,(H,14,17)(H,15,19). The second-order valence-corrected chi connectivity index (χ2v) is 5.21. The molecule has 7 nitrogen and oxygen atoms in total. The number of thiazole rings is 1. The molecule has 8 heteroatoms. The first kappa shape index (κ1) is 14.3. The van der Waals surface area contributed by atoms with Crippen molar-refractivity contribution in [1.29, 1.82) is 0 Å². The summed E-state index contributed by atoms with van der Waals surface area (Å²) >= 11 is 1.27. The Hall–Kier alpha value is -2.09. The minimum Gasteiger partial charge on any atom is -0.382 e. The predicted octanol–water partition coefficient (Wildman–Crippen LogP) is 0.863. The zero-order chi connectivity index (χ0) is 14.5. The van der Waals surface area contributed by atoms with E-state index in [1.807, 2.05) is 20.0 Å². The number of carbonyl (C=O) groups is 1. The van der Waals surface area contributed by atoms with E-state index in [9.17, 15) is 4.79 Å². The number of nitrogens with two attached hydrogens (primary N) is 1. The van der Waals surface area contributed by atoms with Crippen LogP contribution in [-0.4, -0.2) is 33.8 Å². The maximum atomic E-state index is 12.0. The lowest BCUT2D eigenvalue weighted by Crippen LogP contribution is -2.26. The molecule has 0 aliphatic rings. The van der Waals surface area contributed by atoms with Gasteiger partial charge in [0, 0.05) is 38.4 Å². The Morgan fingerprint density at radius 1 is 1.55 bits per heavy atom. The summed E-state index contributed by atoms with van der Waals surface area (Å²) in [6.45, 7) is 3.24. The van der Waals surface area contributed by atoms with Crippen molar-refractivity contribution in [3.8, 4) is 0 Å². The highest BCUT2D eigenvalue weighted by Gasteiger charge is 2.15. The quantitative estimate of drug-likeness (QED) is 0.734. The van der Waals surface area contributed by atoms with E-state index in [0.717, 1.165) is 18.7 Å². The first-order valence-corrected chi connectivity index (χ1v) is 7.18.